The van der Waals surface area contributed by atoms with Gasteiger partial charge >= 0.3 is 0 Å². The Morgan fingerprint density at radius 3 is 2.58 bits per heavy atom. The summed E-state index contributed by atoms with van der Waals surface area (Å²) in [5, 5.41) is 4.23. The fraction of sp³-hybridized carbons (Fsp3) is 0.350. The van der Waals surface area contributed by atoms with Crippen molar-refractivity contribution in [3.8, 4) is 5.75 Å². The number of rotatable bonds is 6. The van der Waals surface area contributed by atoms with E-state index in [1.165, 1.54) is 36.7 Å². The maximum absolute atomic E-state index is 9.31. The molecule has 26 heavy (non-hydrogen) atoms. The second kappa shape index (κ2) is 9.50. The third-order valence-corrected chi connectivity index (χ3v) is 4.47. The lowest BCUT2D eigenvalue weighted by molar-refractivity contribution is -0.117. The number of aryl methyl sites for hydroxylation is 1. The molecule has 0 aliphatic heterocycles. The molecule has 6 heteroatoms. The lowest BCUT2D eigenvalue weighted by atomic mass is 10.0. The van der Waals surface area contributed by atoms with Crippen LogP contribution in [-0.4, -0.2) is 25.5 Å². The van der Waals surface area contributed by atoms with Gasteiger partial charge < -0.3 is 10.1 Å². The number of thiol groups is 1. The number of anilines is 1. The Bertz CT molecular complexity index is 746. The molecular formula is C20H27N3O2S. The molecule has 3 N–H and O–H groups in total. The van der Waals surface area contributed by atoms with Crippen LogP contribution in [0.2, 0.25) is 0 Å². The number of hydrogen-bond donors (Lipinski definition) is 3. The highest BCUT2D eigenvalue weighted by Gasteiger charge is 2.27. The van der Waals surface area contributed by atoms with Gasteiger partial charge in [0.1, 0.15) is 12.4 Å². The Morgan fingerprint density at radius 2 is 2.04 bits per heavy atom. The van der Waals surface area contributed by atoms with Gasteiger partial charge in [0.25, 0.3) is 0 Å². The standard InChI is InChI=1S/C18H21NOS.C2H6N2O/c1-12-10-14(21)8-9-18(12)20-11-16-15(13-6-7-13)4-3-5-17(16)19-2;1-4(3)2-5/h3-5,8-10,13,19,21H,6-7,11H2,1-2H3;2H,3H2,1H3. The highest BCUT2D eigenvalue weighted by molar-refractivity contribution is 7.80. The van der Waals surface area contributed by atoms with Gasteiger partial charge in [-0.2, -0.15) is 0 Å². The van der Waals surface area contributed by atoms with Crippen molar-refractivity contribution in [3.63, 3.8) is 0 Å². The Labute approximate surface area is 160 Å². The molecule has 0 spiro atoms. The van der Waals surface area contributed by atoms with Crippen molar-refractivity contribution < 1.29 is 9.53 Å². The molecule has 0 aromatic heterocycles. The van der Waals surface area contributed by atoms with Gasteiger partial charge in [-0.3, -0.25) is 9.80 Å². The molecule has 1 saturated carbocycles. The zero-order valence-corrected chi connectivity index (χ0v) is 16.4. The summed E-state index contributed by atoms with van der Waals surface area (Å²) in [4.78, 5) is 10.3. The second-order valence-electron chi connectivity index (χ2n) is 6.41. The number of nitrogens with two attached hydrogens (primary N) is 1. The van der Waals surface area contributed by atoms with Crippen LogP contribution in [0.25, 0.3) is 0 Å². The number of nitrogens with one attached hydrogen (secondary N) is 1. The van der Waals surface area contributed by atoms with E-state index in [0.717, 1.165) is 27.1 Å². The van der Waals surface area contributed by atoms with Crippen molar-refractivity contribution in [2.75, 3.05) is 19.4 Å². The number of hydrazine groups is 1. The van der Waals surface area contributed by atoms with E-state index < -0.39 is 0 Å². The van der Waals surface area contributed by atoms with Crippen LogP contribution < -0.4 is 15.9 Å². The summed E-state index contributed by atoms with van der Waals surface area (Å²) in [5.74, 6) is 6.41. The number of carbonyl (C=O) groups is 1. The van der Waals surface area contributed by atoms with Gasteiger partial charge in [-0.25, -0.2) is 5.84 Å². The van der Waals surface area contributed by atoms with E-state index in [1.54, 1.807) is 0 Å². The topological polar surface area (TPSA) is 67.6 Å². The predicted molar refractivity (Wildman–Crippen MR) is 109 cm³/mol. The molecule has 0 radical (unpaired) electrons. The van der Waals surface area contributed by atoms with Crippen molar-refractivity contribution in [1.82, 2.24) is 5.01 Å². The van der Waals surface area contributed by atoms with Gasteiger partial charge in [-0.15, -0.1) is 12.6 Å². The molecule has 0 unspecified atom stereocenters. The molecule has 0 saturated heterocycles. The lowest BCUT2D eigenvalue weighted by Crippen LogP contribution is -2.23. The van der Waals surface area contributed by atoms with Crippen LogP contribution in [0.15, 0.2) is 41.3 Å². The number of carbonyl (C=O) groups excluding carboxylic acids is 1. The van der Waals surface area contributed by atoms with Crippen molar-refractivity contribution >= 4 is 24.7 Å². The summed E-state index contributed by atoms with van der Waals surface area (Å²) in [5.41, 5.74) is 5.02. The molecule has 1 aliphatic carbocycles. The Morgan fingerprint density at radius 1 is 1.35 bits per heavy atom. The molecule has 0 atom stereocenters. The Hall–Kier alpha value is -2.18. The fourth-order valence-corrected chi connectivity index (χ4v) is 2.99. The van der Waals surface area contributed by atoms with Crippen LogP contribution in [0.1, 0.15) is 35.4 Å². The third-order valence-electron chi connectivity index (χ3n) is 4.20. The van der Waals surface area contributed by atoms with E-state index in [2.05, 4.69) is 43.1 Å². The van der Waals surface area contributed by atoms with Gasteiger partial charge in [0, 0.05) is 30.2 Å². The molecule has 2 aromatic rings. The number of ether oxygens (including phenoxy) is 1. The fourth-order valence-electron chi connectivity index (χ4n) is 2.72. The highest BCUT2D eigenvalue weighted by atomic mass is 32.1. The van der Waals surface area contributed by atoms with E-state index in [-0.39, 0.29) is 0 Å². The van der Waals surface area contributed by atoms with E-state index in [9.17, 15) is 4.79 Å². The molecule has 0 bridgehead atoms. The first kappa shape index (κ1) is 20.1. The molecule has 1 fully saturated rings. The highest BCUT2D eigenvalue weighted by Crippen LogP contribution is 2.43. The minimum Gasteiger partial charge on any atom is -0.489 e. The van der Waals surface area contributed by atoms with Gasteiger partial charge in [0.2, 0.25) is 6.41 Å². The summed E-state index contributed by atoms with van der Waals surface area (Å²) in [7, 11) is 3.43. The Kier molecular flexibility index (Phi) is 7.36. The summed E-state index contributed by atoms with van der Waals surface area (Å²) in [6.07, 6.45) is 3.13. The third kappa shape index (κ3) is 5.68. The molecule has 1 aliphatic rings. The first-order chi connectivity index (χ1) is 12.5. The smallest absolute Gasteiger partial charge is 0.223 e. The maximum atomic E-state index is 9.31. The van der Waals surface area contributed by atoms with E-state index in [0.29, 0.717) is 13.0 Å². The van der Waals surface area contributed by atoms with Crippen LogP contribution in [0.4, 0.5) is 5.69 Å². The molecule has 2 aromatic carbocycles. The van der Waals surface area contributed by atoms with E-state index >= 15 is 0 Å². The van der Waals surface area contributed by atoms with Crippen molar-refractivity contribution in [2.24, 2.45) is 5.84 Å². The van der Waals surface area contributed by atoms with E-state index in [4.69, 9.17) is 10.6 Å². The SMILES string of the molecule is CN(N)C=O.CNc1cccc(C2CC2)c1COc1ccc(S)cc1C. The summed E-state index contributed by atoms with van der Waals surface area (Å²) >= 11 is 4.36. The van der Waals surface area contributed by atoms with Gasteiger partial charge in [-0.05, 0) is 61.1 Å². The van der Waals surface area contributed by atoms with Crippen LogP contribution in [0, 0.1) is 6.92 Å². The number of benzene rings is 2. The first-order valence-electron chi connectivity index (χ1n) is 8.61. The summed E-state index contributed by atoms with van der Waals surface area (Å²) < 4.78 is 6.06. The van der Waals surface area contributed by atoms with Crippen LogP contribution in [0.3, 0.4) is 0 Å². The van der Waals surface area contributed by atoms with E-state index in [1.807, 2.05) is 25.2 Å². The Balaban J connectivity index is 0.000000431. The number of amides is 1. The summed E-state index contributed by atoms with van der Waals surface area (Å²) in [6.45, 7) is 2.66. The zero-order chi connectivity index (χ0) is 19.1. The average molecular weight is 374 g/mol. The van der Waals surface area contributed by atoms with Crippen molar-refractivity contribution in [1.29, 1.82) is 0 Å². The molecule has 140 valence electrons. The number of nitrogens with zero attached hydrogens (tertiary/aromatic N) is 1. The van der Waals surface area contributed by atoms with Crippen LogP contribution in [-0.2, 0) is 11.4 Å². The molecule has 5 nitrogen and oxygen atoms in total. The monoisotopic (exact) mass is 373 g/mol. The maximum Gasteiger partial charge on any atom is 0.223 e. The average Bonchev–Trinajstić information content (AvgIpc) is 3.46. The van der Waals surface area contributed by atoms with Crippen LogP contribution >= 0.6 is 12.6 Å². The molecule has 0 heterocycles. The summed E-state index contributed by atoms with van der Waals surface area (Å²) in [6, 6.07) is 12.5. The zero-order valence-electron chi connectivity index (χ0n) is 15.5. The van der Waals surface area contributed by atoms with Gasteiger partial charge in [-0.1, -0.05) is 12.1 Å². The van der Waals surface area contributed by atoms with Crippen molar-refractivity contribution in [2.45, 2.75) is 37.2 Å². The predicted octanol–water partition coefficient (Wildman–Crippen LogP) is 3.73. The number of hydrogen-bond acceptors (Lipinski definition) is 5. The second-order valence-corrected chi connectivity index (χ2v) is 6.92. The largest absolute Gasteiger partial charge is 0.489 e. The first-order valence-corrected chi connectivity index (χ1v) is 9.05. The minimum absolute atomic E-state index is 0.528. The normalized spacial score (nSPS) is 12.7. The quantitative estimate of drug-likeness (QED) is 0.237. The van der Waals surface area contributed by atoms with Gasteiger partial charge in [0.05, 0.1) is 0 Å². The molecular weight excluding hydrogens is 346 g/mol. The van der Waals surface area contributed by atoms with Crippen molar-refractivity contribution in [3.05, 3.63) is 53.1 Å². The lowest BCUT2D eigenvalue weighted by Gasteiger charge is -2.16. The van der Waals surface area contributed by atoms with Gasteiger partial charge in [0.15, 0.2) is 0 Å². The molecule has 1 amide bonds. The minimum atomic E-state index is 0.528. The molecule has 3 rings (SSSR count). The van der Waals surface area contributed by atoms with Crippen LogP contribution in [0.5, 0.6) is 5.75 Å².